The summed E-state index contributed by atoms with van der Waals surface area (Å²) < 4.78 is 2.47. The first kappa shape index (κ1) is 12.3. The van der Waals surface area contributed by atoms with Crippen LogP contribution in [0.25, 0.3) is 4.85 Å². The van der Waals surface area contributed by atoms with Crippen LogP contribution in [-0.2, 0) is 0 Å². The molecule has 0 aliphatic heterocycles. The Bertz CT molecular complexity index is 805. The molecule has 0 spiro atoms. The summed E-state index contributed by atoms with van der Waals surface area (Å²) in [5.74, 6) is 0.886. The molecule has 0 atom stereocenters. The highest BCUT2D eigenvalue weighted by Crippen LogP contribution is 2.40. The van der Waals surface area contributed by atoms with E-state index < -0.39 is 5.56 Å². The van der Waals surface area contributed by atoms with Crippen LogP contribution in [0.3, 0.4) is 0 Å². The topological polar surface area (TPSA) is 98.8 Å². The van der Waals surface area contributed by atoms with Crippen LogP contribution in [0.2, 0.25) is 0 Å². The number of nitrogens with zero attached hydrogens (tertiary/aromatic N) is 4. The van der Waals surface area contributed by atoms with E-state index in [-0.39, 0.29) is 17.3 Å². The Labute approximate surface area is 117 Å². The van der Waals surface area contributed by atoms with Gasteiger partial charge in [-0.3, -0.25) is 14.5 Å². The third-order valence-electron chi connectivity index (χ3n) is 2.88. The third-order valence-corrected chi connectivity index (χ3v) is 3.68. The highest BCUT2D eigenvalue weighted by atomic mass is 32.1. The van der Waals surface area contributed by atoms with Crippen molar-refractivity contribution >= 4 is 28.3 Å². The molecule has 1 aliphatic carbocycles. The van der Waals surface area contributed by atoms with Crippen molar-refractivity contribution < 1.29 is 0 Å². The van der Waals surface area contributed by atoms with Crippen molar-refractivity contribution in [1.29, 1.82) is 5.26 Å². The average molecular weight is 284 g/mol. The maximum Gasteiger partial charge on any atom is 0.324 e. The predicted molar refractivity (Wildman–Crippen MR) is 73.2 cm³/mol. The Morgan fingerprint density at radius 2 is 2.35 bits per heavy atom. The van der Waals surface area contributed by atoms with Gasteiger partial charge in [0.15, 0.2) is 5.56 Å². The number of aromatic nitrogens is 3. The molecule has 0 unspecified atom stereocenters. The molecule has 98 valence electrons. The lowest BCUT2D eigenvalue weighted by molar-refractivity contribution is 1.000. The molecule has 1 fully saturated rings. The summed E-state index contributed by atoms with van der Waals surface area (Å²) in [6, 6.07) is 3.51. The van der Waals surface area contributed by atoms with Crippen LogP contribution in [0.15, 0.2) is 10.9 Å². The van der Waals surface area contributed by atoms with E-state index in [0.717, 1.165) is 30.1 Å². The smallest absolute Gasteiger partial charge is 0.324 e. The molecule has 0 bridgehead atoms. The maximum atomic E-state index is 11.4. The molecule has 0 amide bonds. The van der Waals surface area contributed by atoms with E-state index >= 15 is 0 Å². The van der Waals surface area contributed by atoms with Gasteiger partial charge in [-0.1, -0.05) is 11.6 Å². The summed E-state index contributed by atoms with van der Waals surface area (Å²) >= 11 is 1.01. The molecule has 1 saturated carbocycles. The molecule has 7 nitrogen and oxygen atoms in total. The van der Waals surface area contributed by atoms with E-state index in [2.05, 4.69) is 24.5 Å². The Kier molecular flexibility index (Phi) is 2.93. The quantitative estimate of drug-likeness (QED) is 0.842. The summed E-state index contributed by atoms with van der Waals surface area (Å²) in [6.45, 7) is 7.06. The second kappa shape index (κ2) is 4.76. The monoisotopic (exact) mass is 284 g/mol. The van der Waals surface area contributed by atoms with Crippen molar-refractivity contribution in [2.24, 2.45) is 0 Å². The Balaban J connectivity index is 1.98. The number of anilines is 2. The number of rotatable bonds is 3. The molecule has 2 heterocycles. The standard InChI is InChI=1S/C12H8N6OS/c1-14-9-4-8(6-2-3-6)15-12(16-9)17-11-7(5-13)10(19)18-20-11/h4,6H,2-3H2,(H,18,19)(H,15,16,17). The van der Waals surface area contributed by atoms with E-state index in [0.29, 0.717) is 10.9 Å². The van der Waals surface area contributed by atoms with Gasteiger partial charge in [0.05, 0.1) is 0 Å². The van der Waals surface area contributed by atoms with Gasteiger partial charge >= 0.3 is 5.95 Å². The summed E-state index contributed by atoms with van der Waals surface area (Å²) in [5, 5.41) is 12.1. The van der Waals surface area contributed by atoms with Crippen LogP contribution >= 0.6 is 11.5 Å². The van der Waals surface area contributed by atoms with Crippen LogP contribution in [0, 0.1) is 17.9 Å². The molecule has 2 aromatic rings. The zero-order valence-electron chi connectivity index (χ0n) is 10.2. The molecule has 8 heteroatoms. The maximum absolute atomic E-state index is 11.4. The largest absolute Gasteiger partial charge is 0.360 e. The number of H-pyrrole nitrogens is 1. The van der Waals surface area contributed by atoms with Gasteiger partial charge in [-0.25, -0.2) is 0 Å². The van der Waals surface area contributed by atoms with Crippen molar-refractivity contribution in [1.82, 2.24) is 14.3 Å². The van der Waals surface area contributed by atoms with Crippen LogP contribution in [0.5, 0.6) is 0 Å². The van der Waals surface area contributed by atoms with Gasteiger partial charge in [0.1, 0.15) is 11.1 Å². The molecule has 20 heavy (non-hydrogen) atoms. The predicted octanol–water partition coefficient (Wildman–Crippen LogP) is 2.27. The lowest BCUT2D eigenvalue weighted by atomic mass is 10.3. The molecular weight excluding hydrogens is 276 g/mol. The molecule has 1 aliphatic rings. The molecule has 0 saturated heterocycles. The number of hydrogen-bond donors (Lipinski definition) is 2. The summed E-state index contributed by atoms with van der Waals surface area (Å²) in [5.41, 5.74) is 0.387. The van der Waals surface area contributed by atoms with E-state index in [1.807, 2.05) is 6.07 Å². The molecule has 2 N–H and O–H groups in total. The van der Waals surface area contributed by atoms with Crippen LogP contribution in [0.4, 0.5) is 16.8 Å². The molecule has 0 aromatic carbocycles. The van der Waals surface area contributed by atoms with E-state index in [1.165, 1.54) is 0 Å². The van der Waals surface area contributed by atoms with Gasteiger partial charge in [-0.2, -0.15) is 10.2 Å². The highest BCUT2D eigenvalue weighted by Gasteiger charge is 2.27. The number of hydrogen-bond acceptors (Lipinski definition) is 6. The summed E-state index contributed by atoms with van der Waals surface area (Å²) in [7, 11) is 0. The van der Waals surface area contributed by atoms with Crippen molar-refractivity contribution in [2.45, 2.75) is 18.8 Å². The molecule has 2 aromatic heterocycles. The average Bonchev–Trinajstić information content (AvgIpc) is 3.24. The SMILES string of the molecule is [C-]#[N+]c1cc(C2CC2)nc(Nc2s[nH]c(=O)c2C#N)n1. The van der Waals surface area contributed by atoms with Gasteiger partial charge < -0.3 is 4.85 Å². The fourth-order valence-corrected chi connectivity index (χ4v) is 2.43. The zero-order chi connectivity index (χ0) is 14.1. The minimum absolute atomic E-state index is 0.000197. The lowest BCUT2D eigenvalue weighted by Crippen LogP contribution is -2.04. The van der Waals surface area contributed by atoms with E-state index in [4.69, 9.17) is 11.8 Å². The van der Waals surface area contributed by atoms with Crippen molar-refractivity contribution in [3.05, 3.63) is 39.1 Å². The minimum atomic E-state index is -0.441. The Morgan fingerprint density at radius 3 is 3.00 bits per heavy atom. The van der Waals surface area contributed by atoms with Crippen molar-refractivity contribution in [3.8, 4) is 6.07 Å². The van der Waals surface area contributed by atoms with Crippen LogP contribution in [-0.4, -0.2) is 14.3 Å². The minimum Gasteiger partial charge on any atom is -0.360 e. The van der Waals surface area contributed by atoms with Crippen molar-refractivity contribution in [2.75, 3.05) is 5.32 Å². The van der Waals surface area contributed by atoms with Crippen molar-refractivity contribution in [3.63, 3.8) is 0 Å². The molecule has 0 radical (unpaired) electrons. The first-order chi connectivity index (χ1) is 9.71. The highest BCUT2D eigenvalue weighted by molar-refractivity contribution is 7.10. The fraction of sp³-hybridized carbons (Fsp3) is 0.250. The van der Waals surface area contributed by atoms with Gasteiger partial charge in [-0.15, -0.1) is 0 Å². The number of aromatic amines is 1. The fourth-order valence-electron chi connectivity index (χ4n) is 1.75. The lowest BCUT2D eigenvalue weighted by Gasteiger charge is -2.02. The second-order valence-electron chi connectivity index (χ2n) is 4.33. The normalized spacial score (nSPS) is 13.5. The zero-order valence-corrected chi connectivity index (χ0v) is 11.0. The van der Waals surface area contributed by atoms with Gasteiger partial charge in [0.2, 0.25) is 0 Å². The van der Waals surface area contributed by atoms with Crippen LogP contribution in [0.1, 0.15) is 30.0 Å². The number of nitriles is 1. The van der Waals surface area contributed by atoms with Gasteiger partial charge in [0, 0.05) is 11.6 Å². The molecule has 3 rings (SSSR count). The Morgan fingerprint density at radius 1 is 1.55 bits per heavy atom. The van der Waals surface area contributed by atoms with Gasteiger partial charge in [-0.05, 0) is 30.4 Å². The Hall–Kier alpha value is -2.71. The summed E-state index contributed by atoms with van der Waals surface area (Å²) in [6.07, 6.45) is 2.13. The first-order valence-corrected chi connectivity index (χ1v) is 6.68. The second-order valence-corrected chi connectivity index (χ2v) is 5.15. The third kappa shape index (κ3) is 2.25. The molecular formula is C12H8N6OS. The van der Waals surface area contributed by atoms with Crippen LogP contribution < -0.4 is 10.9 Å². The van der Waals surface area contributed by atoms with Gasteiger partial charge in [0.25, 0.3) is 11.4 Å². The number of nitrogens with one attached hydrogen (secondary N) is 2. The first-order valence-electron chi connectivity index (χ1n) is 5.86. The van der Waals surface area contributed by atoms with E-state index in [9.17, 15) is 4.79 Å². The summed E-state index contributed by atoms with van der Waals surface area (Å²) in [4.78, 5) is 23.1. The van der Waals surface area contributed by atoms with E-state index in [1.54, 1.807) is 6.07 Å².